The molecule has 2 aromatic heterocycles. The summed E-state index contributed by atoms with van der Waals surface area (Å²) in [6, 6.07) is 10.3. The number of nitrogens with zero attached hydrogens (tertiary/aromatic N) is 3. The van der Waals surface area contributed by atoms with Crippen molar-refractivity contribution in [1.29, 1.82) is 0 Å². The Hall–Kier alpha value is -2.65. The summed E-state index contributed by atoms with van der Waals surface area (Å²) in [7, 11) is 1.88. The van der Waals surface area contributed by atoms with Crippen LogP contribution >= 0.6 is 23.1 Å². The molecule has 3 aromatic rings. The molecule has 1 atom stereocenters. The van der Waals surface area contributed by atoms with E-state index >= 15 is 0 Å². The van der Waals surface area contributed by atoms with Crippen LogP contribution in [0, 0.1) is 0 Å². The van der Waals surface area contributed by atoms with Gasteiger partial charge in [-0.3, -0.25) is 9.59 Å². The third-order valence-corrected chi connectivity index (χ3v) is 5.42. The van der Waals surface area contributed by atoms with Gasteiger partial charge in [0.25, 0.3) is 5.91 Å². The summed E-state index contributed by atoms with van der Waals surface area (Å²) >= 11 is 2.82. The van der Waals surface area contributed by atoms with Crippen molar-refractivity contribution in [1.82, 2.24) is 20.1 Å². The minimum atomic E-state index is -0.641. The van der Waals surface area contributed by atoms with Crippen LogP contribution < -0.4 is 10.6 Å². The number of hydrogen-bond donors (Lipinski definition) is 2. The Kier molecular flexibility index (Phi) is 5.69. The highest BCUT2D eigenvalue weighted by molar-refractivity contribution is 7.99. The zero-order valence-corrected chi connectivity index (χ0v) is 15.8. The quantitative estimate of drug-likeness (QED) is 0.679. The lowest BCUT2D eigenvalue weighted by molar-refractivity contribution is -0.117. The fraction of sp³-hybridized carbons (Fsp3) is 0.176. The van der Waals surface area contributed by atoms with E-state index in [9.17, 15) is 9.59 Å². The van der Waals surface area contributed by atoms with Crippen molar-refractivity contribution < 1.29 is 9.59 Å². The highest BCUT2D eigenvalue weighted by atomic mass is 32.2. The highest BCUT2D eigenvalue weighted by Crippen LogP contribution is 2.26. The molecule has 2 heterocycles. The van der Waals surface area contributed by atoms with Crippen molar-refractivity contribution in [3.05, 3.63) is 53.0 Å². The fourth-order valence-electron chi connectivity index (χ4n) is 2.07. The topological polar surface area (TPSA) is 88.9 Å². The summed E-state index contributed by atoms with van der Waals surface area (Å²) in [5.41, 5.74) is 0.662. The summed E-state index contributed by atoms with van der Waals surface area (Å²) in [6.45, 7) is 1.65. The Morgan fingerprint density at radius 3 is 2.62 bits per heavy atom. The maximum Gasteiger partial charge on any atom is 0.261 e. The first-order valence-corrected chi connectivity index (χ1v) is 9.49. The third kappa shape index (κ3) is 4.50. The molecule has 0 fully saturated rings. The van der Waals surface area contributed by atoms with Gasteiger partial charge < -0.3 is 15.2 Å². The largest absolute Gasteiger partial charge is 0.340 e. The zero-order valence-electron chi connectivity index (χ0n) is 14.2. The van der Waals surface area contributed by atoms with E-state index in [0.717, 1.165) is 10.1 Å². The van der Waals surface area contributed by atoms with Crippen LogP contribution in [0.1, 0.15) is 16.6 Å². The van der Waals surface area contributed by atoms with E-state index in [0.29, 0.717) is 10.6 Å². The molecule has 134 valence electrons. The molecule has 2 N–H and O–H groups in total. The molecule has 0 aliphatic rings. The number of rotatable bonds is 6. The van der Waals surface area contributed by atoms with Crippen LogP contribution in [0.25, 0.3) is 0 Å². The van der Waals surface area contributed by atoms with Gasteiger partial charge in [-0.05, 0) is 54.4 Å². The van der Waals surface area contributed by atoms with Crippen molar-refractivity contribution in [2.45, 2.75) is 23.0 Å². The summed E-state index contributed by atoms with van der Waals surface area (Å²) in [5.74, 6) is -0.526. The first-order chi connectivity index (χ1) is 12.5. The molecule has 26 heavy (non-hydrogen) atoms. The van der Waals surface area contributed by atoms with Crippen LogP contribution in [0.3, 0.4) is 0 Å². The van der Waals surface area contributed by atoms with Crippen LogP contribution in [0.2, 0.25) is 0 Å². The van der Waals surface area contributed by atoms with Gasteiger partial charge in [0.2, 0.25) is 5.91 Å². The van der Waals surface area contributed by atoms with Crippen LogP contribution in [-0.4, -0.2) is 32.6 Å². The highest BCUT2D eigenvalue weighted by Gasteiger charge is 2.17. The monoisotopic (exact) mass is 387 g/mol. The first kappa shape index (κ1) is 18.2. The van der Waals surface area contributed by atoms with Crippen molar-refractivity contribution >= 4 is 40.6 Å². The second kappa shape index (κ2) is 8.15. The number of thiophene rings is 1. The predicted molar refractivity (Wildman–Crippen MR) is 101 cm³/mol. The van der Waals surface area contributed by atoms with Gasteiger partial charge >= 0.3 is 0 Å². The average molecular weight is 387 g/mol. The fourth-order valence-corrected chi connectivity index (χ4v) is 3.46. The van der Waals surface area contributed by atoms with Gasteiger partial charge in [-0.25, -0.2) is 0 Å². The molecule has 2 amide bonds. The summed E-state index contributed by atoms with van der Waals surface area (Å²) in [6.07, 6.45) is 1.64. The number of amides is 2. The minimum absolute atomic E-state index is 0.252. The number of hydrogen-bond acceptors (Lipinski definition) is 6. The van der Waals surface area contributed by atoms with Gasteiger partial charge in [-0.1, -0.05) is 6.07 Å². The molecular weight excluding hydrogens is 370 g/mol. The molecule has 0 spiro atoms. The number of carbonyl (C=O) groups is 2. The lowest BCUT2D eigenvalue weighted by Crippen LogP contribution is -2.41. The Bertz CT molecular complexity index is 890. The molecular formula is C17H17N5O2S2. The molecule has 9 heteroatoms. The molecule has 0 saturated carbocycles. The van der Waals surface area contributed by atoms with Crippen molar-refractivity contribution in [3.8, 4) is 0 Å². The van der Waals surface area contributed by atoms with Crippen LogP contribution in [0.5, 0.6) is 0 Å². The average Bonchev–Trinajstić information content (AvgIpc) is 3.29. The van der Waals surface area contributed by atoms with Crippen LogP contribution in [0.15, 0.2) is 58.2 Å². The minimum Gasteiger partial charge on any atom is -0.340 e. The maximum atomic E-state index is 12.3. The smallest absolute Gasteiger partial charge is 0.261 e. The summed E-state index contributed by atoms with van der Waals surface area (Å²) in [5, 5.41) is 15.9. The van der Waals surface area contributed by atoms with E-state index in [2.05, 4.69) is 20.8 Å². The SMILES string of the molecule is CC(NC(=O)c1cccs1)C(=O)Nc1ccc(Sc2nncn2C)cc1. The number of anilines is 1. The lowest BCUT2D eigenvalue weighted by atomic mass is 10.2. The van der Waals surface area contributed by atoms with Crippen LogP contribution in [-0.2, 0) is 11.8 Å². The maximum absolute atomic E-state index is 12.3. The third-order valence-electron chi connectivity index (χ3n) is 3.49. The molecule has 3 rings (SSSR count). The molecule has 0 radical (unpaired) electrons. The normalized spacial score (nSPS) is 11.8. The molecule has 0 bridgehead atoms. The van der Waals surface area contributed by atoms with E-state index in [-0.39, 0.29) is 11.8 Å². The first-order valence-electron chi connectivity index (χ1n) is 7.80. The summed E-state index contributed by atoms with van der Waals surface area (Å²) in [4.78, 5) is 25.8. The van der Waals surface area contributed by atoms with E-state index in [1.54, 1.807) is 25.4 Å². The lowest BCUT2D eigenvalue weighted by Gasteiger charge is -2.14. The Labute approximate surface area is 158 Å². The van der Waals surface area contributed by atoms with E-state index in [1.165, 1.54) is 23.1 Å². The standard InChI is InChI=1S/C17H17N5O2S2/c1-11(19-16(24)14-4-3-9-25-14)15(23)20-12-5-7-13(8-6-12)26-17-21-18-10-22(17)2/h3-11H,1-2H3,(H,19,24)(H,20,23). The molecule has 1 unspecified atom stereocenters. The van der Waals surface area contributed by atoms with Crippen molar-refractivity contribution in [2.24, 2.45) is 7.05 Å². The van der Waals surface area contributed by atoms with E-state index in [4.69, 9.17) is 0 Å². The van der Waals surface area contributed by atoms with Gasteiger partial charge in [0.05, 0.1) is 4.88 Å². The number of carbonyl (C=O) groups excluding carboxylic acids is 2. The van der Waals surface area contributed by atoms with E-state index in [1.807, 2.05) is 41.3 Å². The molecule has 0 aliphatic carbocycles. The molecule has 1 aromatic carbocycles. The summed E-state index contributed by atoms with van der Waals surface area (Å²) < 4.78 is 1.83. The van der Waals surface area contributed by atoms with Crippen LogP contribution in [0.4, 0.5) is 5.69 Å². The Balaban J connectivity index is 1.55. The Morgan fingerprint density at radius 1 is 1.23 bits per heavy atom. The number of benzene rings is 1. The van der Waals surface area contributed by atoms with Gasteiger partial charge in [0.15, 0.2) is 5.16 Å². The number of nitrogens with one attached hydrogen (secondary N) is 2. The second-order valence-corrected chi connectivity index (χ2v) is 7.50. The molecule has 7 nitrogen and oxygen atoms in total. The van der Waals surface area contributed by atoms with E-state index < -0.39 is 6.04 Å². The second-order valence-electron chi connectivity index (χ2n) is 5.51. The molecule has 0 saturated heterocycles. The van der Waals surface area contributed by atoms with Gasteiger partial charge in [-0.2, -0.15) is 0 Å². The van der Waals surface area contributed by atoms with Gasteiger partial charge in [0, 0.05) is 17.6 Å². The van der Waals surface area contributed by atoms with Crippen molar-refractivity contribution in [3.63, 3.8) is 0 Å². The number of aromatic nitrogens is 3. The molecule has 0 aliphatic heterocycles. The zero-order chi connectivity index (χ0) is 18.5. The predicted octanol–water partition coefficient (Wildman–Crippen LogP) is 2.78. The number of aryl methyl sites for hydroxylation is 1. The van der Waals surface area contributed by atoms with Gasteiger partial charge in [-0.15, -0.1) is 21.5 Å². The Morgan fingerprint density at radius 2 is 2.00 bits per heavy atom. The van der Waals surface area contributed by atoms with Gasteiger partial charge in [0.1, 0.15) is 12.4 Å². The van der Waals surface area contributed by atoms with Crippen molar-refractivity contribution in [2.75, 3.05) is 5.32 Å².